The summed E-state index contributed by atoms with van der Waals surface area (Å²) >= 11 is 0. The molecule has 0 atom stereocenters. The lowest BCUT2D eigenvalue weighted by molar-refractivity contribution is -0.143. The van der Waals surface area contributed by atoms with E-state index in [0.717, 1.165) is 36.4 Å². The van der Waals surface area contributed by atoms with Crippen LogP contribution < -0.4 is 15.7 Å². The van der Waals surface area contributed by atoms with E-state index < -0.39 is 52.2 Å². The summed E-state index contributed by atoms with van der Waals surface area (Å²) in [4.78, 5) is 31.7. The lowest BCUT2D eigenvalue weighted by Gasteiger charge is -2.14. The van der Waals surface area contributed by atoms with Gasteiger partial charge >= 0.3 is 11.9 Å². The summed E-state index contributed by atoms with van der Waals surface area (Å²) in [5, 5.41) is 5.51. The number of amides is 1. The summed E-state index contributed by atoms with van der Waals surface area (Å²) in [5.41, 5.74) is -4.12. The molecule has 0 aliphatic carbocycles. The van der Waals surface area contributed by atoms with Crippen LogP contribution in [0.4, 0.5) is 32.0 Å². The van der Waals surface area contributed by atoms with E-state index in [0.29, 0.717) is 6.20 Å². The summed E-state index contributed by atoms with van der Waals surface area (Å²) < 4.78 is 92.1. The predicted molar refractivity (Wildman–Crippen MR) is 134 cm³/mol. The number of hydrogen-bond acceptors (Lipinski definition) is 5. The van der Waals surface area contributed by atoms with Crippen LogP contribution in [0, 0.1) is 17.5 Å². The van der Waals surface area contributed by atoms with Crippen LogP contribution in [-0.4, -0.2) is 30.2 Å². The molecule has 5 aromatic rings. The molecule has 212 valence electrons. The fourth-order valence-corrected chi connectivity index (χ4v) is 4.23. The summed E-state index contributed by atoms with van der Waals surface area (Å²) in [7, 11) is 0. The van der Waals surface area contributed by atoms with Crippen molar-refractivity contribution in [3.63, 3.8) is 0 Å². The molecule has 3 heterocycles. The monoisotopic (exact) mass is 576 g/mol. The number of carbonyl (C=O) groups is 1. The van der Waals surface area contributed by atoms with Crippen molar-refractivity contribution in [3.8, 4) is 17.2 Å². The number of hydrogen-bond donors (Lipinski definition) is 2. The second-order valence-electron chi connectivity index (χ2n) is 8.99. The molecule has 0 saturated heterocycles. The molecule has 0 radical (unpaired) electrons. The fourth-order valence-electron chi connectivity index (χ4n) is 4.23. The zero-order valence-corrected chi connectivity index (χ0v) is 21.1. The maximum Gasteiger partial charge on any atom is 0.434 e. The quantitative estimate of drug-likeness (QED) is 0.242. The standard InChI is InChI=1S/C26H18F6N6O3/c1-12(2)37-21-19(8-9-33-23(21)36-25(37)40)41-18-7-6-13(10-17(18)29)35-24(39)14-11-34-38(22(14)26(30,31)32)20-15(27)4-3-5-16(20)28/h3-12H,1-2H3,(H,35,39)(H,33,36,40). The van der Waals surface area contributed by atoms with Gasteiger partial charge in [0, 0.05) is 30.1 Å². The van der Waals surface area contributed by atoms with Gasteiger partial charge in [-0.05, 0) is 38.1 Å². The molecule has 41 heavy (non-hydrogen) atoms. The molecule has 0 fully saturated rings. The number of halogens is 6. The third-order valence-corrected chi connectivity index (χ3v) is 5.93. The van der Waals surface area contributed by atoms with Crippen LogP contribution in [0.15, 0.2) is 59.7 Å². The summed E-state index contributed by atoms with van der Waals surface area (Å²) in [5.74, 6) is -5.25. The number of alkyl halides is 3. The van der Waals surface area contributed by atoms with Gasteiger partial charge in [-0.25, -0.2) is 27.6 Å². The minimum Gasteiger partial charge on any atom is -0.452 e. The Balaban J connectivity index is 1.45. The van der Waals surface area contributed by atoms with Gasteiger partial charge in [-0.2, -0.15) is 18.3 Å². The first-order valence-electron chi connectivity index (χ1n) is 11.8. The Hall–Kier alpha value is -5.08. The van der Waals surface area contributed by atoms with Crippen LogP contribution in [0.25, 0.3) is 16.9 Å². The minimum absolute atomic E-state index is 0.0513. The van der Waals surface area contributed by atoms with Crippen LogP contribution in [0.3, 0.4) is 0 Å². The van der Waals surface area contributed by atoms with Crippen molar-refractivity contribution in [1.82, 2.24) is 24.3 Å². The molecule has 15 heteroatoms. The molecule has 2 N–H and O–H groups in total. The summed E-state index contributed by atoms with van der Waals surface area (Å²) in [6, 6.07) is 6.64. The number of rotatable bonds is 6. The number of aromatic amines is 1. The van der Waals surface area contributed by atoms with Gasteiger partial charge in [-0.15, -0.1) is 0 Å². The Morgan fingerprint density at radius 1 is 1.02 bits per heavy atom. The molecule has 0 aliphatic rings. The third kappa shape index (κ3) is 5.01. The number of nitrogens with zero attached hydrogens (tertiary/aromatic N) is 4. The number of para-hydroxylation sites is 1. The highest BCUT2D eigenvalue weighted by atomic mass is 19.4. The van der Waals surface area contributed by atoms with E-state index in [2.05, 4.69) is 20.4 Å². The van der Waals surface area contributed by atoms with E-state index in [9.17, 15) is 35.9 Å². The molecule has 0 saturated carbocycles. The molecule has 5 rings (SSSR count). The van der Waals surface area contributed by atoms with Crippen molar-refractivity contribution in [3.05, 3.63) is 94.1 Å². The highest BCUT2D eigenvalue weighted by molar-refractivity contribution is 6.05. The van der Waals surface area contributed by atoms with E-state index in [4.69, 9.17) is 4.74 Å². The van der Waals surface area contributed by atoms with Crippen molar-refractivity contribution >= 4 is 22.8 Å². The number of fused-ring (bicyclic) bond motifs is 1. The first-order chi connectivity index (χ1) is 19.4. The first kappa shape index (κ1) is 27.5. The summed E-state index contributed by atoms with van der Waals surface area (Å²) in [6.07, 6.45) is -3.40. The Bertz CT molecular complexity index is 1840. The van der Waals surface area contributed by atoms with E-state index in [1.807, 2.05) is 0 Å². The number of ether oxygens (including phenoxy) is 1. The number of aromatic nitrogens is 5. The Kier molecular flexibility index (Phi) is 6.80. The van der Waals surface area contributed by atoms with Crippen molar-refractivity contribution in [2.75, 3.05) is 5.32 Å². The zero-order valence-electron chi connectivity index (χ0n) is 21.1. The maximum absolute atomic E-state index is 15.0. The number of anilines is 1. The topological polar surface area (TPSA) is 107 Å². The Morgan fingerprint density at radius 3 is 2.37 bits per heavy atom. The summed E-state index contributed by atoms with van der Waals surface area (Å²) in [6.45, 7) is 3.51. The van der Waals surface area contributed by atoms with Crippen LogP contribution in [-0.2, 0) is 6.18 Å². The van der Waals surface area contributed by atoms with Crippen molar-refractivity contribution in [2.24, 2.45) is 0 Å². The molecule has 0 aliphatic heterocycles. The van der Waals surface area contributed by atoms with Crippen molar-refractivity contribution < 1.29 is 35.9 Å². The molecular weight excluding hydrogens is 558 g/mol. The molecule has 2 aromatic carbocycles. The Labute approximate surface area is 226 Å². The average Bonchev–Trinajstić information content (AvgIpc) is 3.47. The molecule has 0 spiro atoms. The average molecular weight is 576 g/mol. The van der Waals surface area contributed by atoms with Gasteiger partial charge in [0.2, 0.25) is 0 Å². The zero-order chi connectivity index (χ0) is 29.6. The van der Waals surface area contributed by atoms with Gasteiger partial charge in [0.05, 0.1) is 11.8 Å². The van der Waals surface area contributed by atoms with Gasteiger partial charge in [0.1, 0.15) is 11.2 Å². The van der Waals surface area contributed by atoms with E-state index >= 15 is 0 Å². The molecule has 0 bridgehead atoms. The molecule has 0 unspecified atom stereocenters. The number of pyridine rings is 1. The van der Waals surface area contributed by atoms with Crippen molar-refractivity contribution in [2.45, 2.75) is 26.1 Å². The minimum atomic E-state index is -5.24. The van der Waals surface area contributed by atoms with E-state index in [1.165, 1.54) is 16.8 Å². The SMILES string of the molecule is CC(C)n1c(=O)[nH]c2nccc(Oc3ccc(NC(=O)c4cnn(-c5c(F)cccc5F)c4C(F)(F)F)cc3F)c21. The number of benzene rings is 2. The molecular formula is C26H18F6N6O3. The van der Waals surface area contributed by atoms with Gasteiger partial charge in [0.15, 0.2) is 40.3 Å². The first-order valence-corrected chi connectivity index (χ1v) is 11.8. The largest absolute Gasteiger partial charge is 0.452 e. The number of nitrogens with one attached hydrogen (secondary N) is 2. The normalized spacial score (nSPS) is 11.8. The van der Waals surface area contributed by atoms with Gasteiger partial charge in [-0.3, -0.25) is 14.3 Å². The fraction of sp³-hybridized carbons (Fsp3) is 0.154. The van der Waals surface area contributed by atoms with Crippen LogP contribution in [0.1, 0.15) is 35.9 Å². The van der Waals surface area contributed by atoms with Gasteiger partial charge < -0.3 is 10.1 Å². The lowest BCUT2D eigenvalue weighted by Crippen LogP contribution is -2.21. The maximum atomic E-state index is 15.0. The van der Waals surface area contributed by atoms with E-state index in [-0.39, 0.29) is 39.1 Å². The molecule has 1 amide bonds. The predicted octanol–water partition coefficient (Wildman–Crippen LogP) is 5.97. The second-order valence-corrected chi connectivity index (χ2v) is 8.99. The van der Waals surface area contributed by atoms with Crippen LogP contribution in [0.2, 0.25) is 0 Å². The number of carbonyl (C=O) groups excluding carboxylic acids is 1. The van der Waals surface area contributed by atoms with E-state index in [1.54, 1.807) is 13.8 Å². The van der Waals surface area contributed by atoms with Crippen molar-refractivity contribution in [1.29, 1.82) is 0 Å². The number of H-pyrrole nitrogens is 1. The lowest BCUT2D eigenvalue weighted by atomic mass is 10.2. The Morgan fingerprint density at radius 2 is 1.73 bits per heavy atom. The second kappa shape index (κ2) is 10.1. The third-order valence-electron chi connectivity index (χ3n) is 5.93. The highest BCUT2D eigenvalue weighted by Crippen LogP contribution is 2.36. The molecule has 3 aromatic heterocycles. The highest BCUT2D eigenvalue weighted by Gasteiger charge is 2.41. The van der Waals surface area contributed by atoms with Gasteiger partial charge in [0.25, 0.3) is 5.91 Å². The van der Waals surface area contributed by atoms with Crippen LogP contribution in [0.5, 0.6) is 11.5 Å². The van der Waals surface area contributed by atoms with Gasteiger partial charge in [-0.1, -0.05) is 6.07 Å². The molecule has 9 nitrogen and oxygen atoms in total. The smallest absolute Gasteiger partial charge is 0.434 e. The van der Waals surface area contributed by atoms with Crippen LogP contribution >= 0.6 is 0 Å². The number of imidazole rings is 1.